The maximum Gasteiger partial charge on any atom is 0.365 e. The molecule has 7 heteroatoms. The minimum Gasteiger partial charge on any atom is -0.476 e. The van der Waals surface area contributed by atoms with Crippen LogP contribution in [-0.2, 0) is 6.54 Å². The van der Waals surface area contributed by atoms with Gasteiger partial charge >= 0.3 is 5.97 Å². The predicted octanol–water partition coefficient (Wildman–Crippen LogP) is 3.25. The van der Waals surface area contributed by atoms with Crippen molar-refractivity contribution in [3.05, 3.63) is 45.1 Å². The Morgan fingerprint density at radius 1 is 1.56 bits per heavy atom. The van der Waals surface area contributed by atoms with Gasteiger partial charge in [-0.05, 0) is 18.2 Å². The third kappa shape index (κ3) is 2.96. The summed E-state index contributed by atoms with van der Waals surface area (Å²) in [5.41, 5.74) is 1.25. The summed E-state index contributed by atoms with van der Waals surface area (Å²) in [6, 6.07) is 4.27. The van der Waals surface area contributed by atoms with Gasteiger partial charge in [0.25, 0.3) is 0 Å². The smallest absolute Gasteiger partial charge is 0.365 e. The van der Waals surface area contributed by atoms with Gasteiger partial charge in [-0.15, -0.1) is 11.3 Å². The lowest BCUT2D eigenvalue weighted by Gasteiger charge is -2.04. The van der Waals surface area contributed by atoms with Crippen LogP contribution in [0.2, 0.25) is 5.02 Å². The Kier molecular flexibility index (Phi) is 3.78. The molecule has 18 heavy (non-hydrogen) atoms. The van der Waals surface area contributed by atoms with Crippen LogP contribution >= 0.6 is 22.9 Å². The molecule has 94 valence electrons. The van der Waals surface area contributed by atoms with Crippen molar-refractivity contribution in [3.63, 3.8) is 0 Å². The molecule has 0 saturated heterocycles. The fourth-order valence-corrected chi connectivity index (χ4v) is 2.12. The number of aromatic carboxylic acids is 1. The summed E-state index contributed by atoms with van der Waals surface area (Å²) in [5, 5.41) is 13.4. The lowest BCUT2D eigenvalue weighted by Crippen LogP contribution is -2.01. The van der Waals surface area contributed by atoms with Gasteiger partial charge in [-0.2, -0.15) is 0 Å². The average Bonchev–Trinajstić information content (AvgIpc) is 2.79. The molecule has 0 fully saturated rings. The van der Waals surface area contributed by atoms with Gasteiger partial charge in [0.1, 0.15) is 5.82 Å². The maximum absolute atomic E-state index is 12.9. The van der Waals surface area contributed by atoms with E-state index in [-0.39, 0.29) is 10.0 Å². The third-order valence-electron chi connectivity index (χ3n) is 2.13. The van der Waals surface area contributed by atoms with Crippen molar-refractivity contribution in [2.75, 3.05) is 5.32 Å². The first kappa shape index (κ1) is 12.8. The number of carboxylic acids is 1. The molecular weight excluding hydrogens is 279 g/mol. The minimum absolute atomic E-state index is 0.0319. The molecule has 0 aliphatic carbocycles. The van der Waals surface area contributed by atoms with Gasteiger partial charge in [0.15, 0.2) is 0 Å². The molecule has 1 heterocycles. The number of benzene rings is 1. The molecule has 4 nitrogen and oxygen atoms in total. The summed E-state index contributed by atoms with van der Waals surface area (Å²) in [7, 11) is 0. The molecule has 2 N–H and O–H groups in total. The van der Waals surface area contributed by atoms with E-state index in [1.807, 2.05) is 0 Å². The number of nitrogens with one attached hydrogen (secondary N) is 1. The van der Waals surface area contributed by atoms with Crippen LogP contribution in [0.5, 0.6) is 0 Å². The largest absolute Gasteiger partial charge is 0.476 e. The minimum atomic E-state index is -1.05. The summed E-state index contributed by atoms with van der Waals surface area (Å²) in [6.07, 6.45) is 0. The molecule has 0 unspecified atom stereocenters. The number of thiazole rings is 1. The molecule has 0 amide bonds. The van der Waals surface area contributed by atoms with Gasteiger partial charge in [-0.25, -0.2) is 14.2 Å². The third-order valence-corrected chi connectivity index (χ3v) is 3.30. The molecule has 1 aromatic heterocycles. The number of nitrogens with zero attached hydrogens (tertiary/aromatic N) is 1. The number of carbonyl (C=O) groups is 1. The highest BCUT2D eigenvalue weighted by Gasteiger charge is 2.08. The van der Waals surface area contributed by atoms with E-state index in [2.05, 4.69) is 10.3 Å². The Hall–Kier alpha value is -1.66. The van der Waals surface area contributed by atoms with Gasteiger partial charge < -0.3 is 10.4 Å². The first-order valence-corrected chi connectivity index (χ1v) is 6.18. The highest BCUT2D eigenvalue weighted by atomic mass is 35.5. The maximum atomic E-state index is 12.9. The Morgan fingerprint density at radius 3 is 2.94 bits per heavy atom. The Bertz CT molecular complexity index is 588. The molecule has 0 aliphatic heterocycles. The molecular formula is C11H8ClFN2O2S. The fourth-order valence-electron chi connectivity index (χ4n) is 1.29. The van der Waals surface area contributed by atoms with E-state index in [1.54, 1.807) is 11.4 Å². The summed E-state index contributed by atoms with van der Waals surface area (Å²) in [6.45, 7) is 0.353. The normalized spacial score (nSPS) is 10.3. The van der Waals surface area contributed by atoms with Crippen molar-refractivity contribution in [2.45, 2.75) is 6.54 Å². The molecule has 0 spiro atoms. The molecule has 1 aromatic carbocycles. The zero-order chi connectivity index (χ0) is 13.1. The zero-order valence-electron chi connectivity index (χ0n) is 8.98. The van der Waals surface area contributed by atoms with Crippen LogP contribution in [0, 0.1) is 5.82 Å². The molecule has 0 radical (unpaired) electrons. The lowest BCUT2D eigenvalue weighted by molar-refractivity contribution is 0.0696. The lowest BCUT2D eigenvalue weighted by atomic mass is 10.3. The van der Waals surface area contributed by atoms with Crippen molar-refractivity contribution >= 4 is 34.6 Å². The van der Waals surface area contributed by atoms with Crippen LogP contribution in [0.15, 0.2) is 23.6 Å². The quantitative estimate of drug-likeness (QED) is 0.906. The predicted molar refractivity (Wildman–Crippen MR) is 67.8 cm³/mol. The topological polar surface area (TPSA) is 62.2 Å². The molecule has 2 aromatic rings. The van der Waals surface area contributed by atoms with E-state index in [4.69, 9.17) is 16.7 Å². The second-order valence-corrected chi connectivity index (χ2v) is 4.70. The van der Waals surface area contributed by atoms with Crippen molar-refractivity contribution in [2.24, 2.45) is 0 Å². The van der Waals surface area contributed by atoms with Crippen molar-refractivity contribution < 1.29 is 14.3 Å². The van der Waals surface area contributed by atoms with E-state index in [9.17, 15) is 9.18 Å². The van der Waals surface area contributed by atoms with Crippen molar-refractivity contribution in [1.82, 2.24) is 4.98 Å². The number of halogens is 2. The summed E-state index contributed by atoms with van der Waals surface area (Å²) in [5.74, 6) is -1.53. The van der Waals surface area contributed by atoms with E-state index in [0.29, 0.717) is 17.9 Å². The van der Waals surface area contributed by atoms with Crippen LogP contribution < -0.4 is 5.32 Å². The second-order valence-electron chi connectivity index (χ2n) is 3.43. The molecule has 0 aliphatic rings. The summed E-state index contributed by atoms with van der Waals surface area (Å²) < 4.78 is 12.9. The number of rotatable bonds is 4. The number of anilines is 1. The van der Waals surface area contributed by atoms with Gasteiger partial charge in [0, 0.05) is 11.1 Å². The SMILES string of the molecule is O=C(O)c1nc(CNc2ccc(F)c(Cl)c2)cs1. The Morgan fingerprint density at radius 2 is 2.33 bits per heavy atom. The van der Waals surface area contributed by atoms with Crippen molar-refractivity contribution in [3.8, 4) is 0 Å². The second kappa shape index (κ2) is 5.32. The first-order chi connectivity index (χ1) is 8.56. The molecule has 0 saturated carbocycles. The van der Waals surface area contributed by atoms with Gasteiger partial charge in [0.05, 0.1) is 17.3 Å². The van der Waals surface area contributed by atoms with Crippen molar-refractivity contribution in [1.29, 1.82) is 0 Å². The zero-order valence-corrected chi connectivity index (χ0v) is 10.6. The standard InChI is InChI=1S/C11H8ClFN2O2S/c12-8-3-6(1-2-9(8)13)14-4-7-5-18-10(15-7)11(16)17/h1-3,5,14H,4H2,(H,16,17). The fraction of sp³-hybridized carbons (Fsp3) is 0.0909. The van der Waals surface area contributed by atoms with Crippen LogP contribution in [0.4, 0.5) is 10.1 Å². The van der Waals surface area contributed by atoms with E-state index < -0.39 is 11.8 Å². The van der Waals surface area contributed by atoms with Crippen LogP contribution in [0.1, 0.15) is 15.5 Å². The summed E-state index contributed by atoms with van der Waals surface area (Å²) in [4.78, 5) is 14.6. The van der Waals surface area contributed by atoms with Crippen LogP contribution in [-0.4, -0.2) is 16.1 Å². The van der Waals surface area contributed by atoms with E-state index >= 15 is 0 Å². The molecule has 2 rings (SSSR count). The highest BCUT2D eigenvalue weighted by Crippen LogP contribution is 2.20. The highest BCUT2D eigenvalue weighted by molar-refractivity contribution is 7.11. The average molecular weight is 287 g/mol. The Labute approximate surface area is 111 Å². The van der Waals surface area contributed by atoms with Gasteiger partial charge in [0.2, 0.25) is 5.01 Å². The monoisotopic (exact) mass is 286 g/mol. The number of carboxylic acid groups (broad SMARTS) is 1. The first-order valence-electron chi connectivity index (χ1n) is 4.93. The van der Waals surface area contributed by atoms with Gasteiger partial charge in [-0.1, -0.05) is 11.6 Å². The van der Waals surface area contributed by atoms with Gasteiger partial charge in [-0.3, -0.25) is 0 Å². The molecule has 0 bridgehead atoms. The number of hydrogen-bond acceptors (Lipinski definition) is 4. The number of hydrogen-bond donors (Lipinski definition) is 2. The summed E-state index contributed by atoms with van der Waals surface area (Å²) >= 11 is 6.70. The van der Waals surface area contributed by atoms with E-state index in [1.165, 1.54) is 12.1 Å². The Balaban J connectivity index is 2.02. The van der Waals surface area contributed by atoms with Crippen LogP contribution in [0.3, 0.4) is 0 Å². The number of aromatic nitrogens is 1. The van der Waals surface area contributed by atoms with Crippen LogP contribution in [0.25, 0.3) is 0 Å². The molecule has 0 atom stereocenters. The van der Waals surface area contributed by atoms with E-state index in [0.717, 1.165) is 11.3 Å².